The minimum absolute atomic E-state index is 0.0994. The molecular formula is C31H32N3O8PS. The first kappa shape index (κ1) is 32.7. The standard InChI is InChI=1S/C31H32N3O8PS/c1-20(35)32-27(18-22-12-15-28(42-43(39,40)41)25(17-22)31(38)44)29(36)33-26-9-5-6-16-34(30(26)37)19-21-10-13-24(14-11-21)23-7-3-2-4-8-23/h2-5,7-15,17,26-27H,6,16,18-19H2,1H3,(H,32,35)(H,33,36)(H,38,44)(H2,39,40,41)/t26-,27-/m0/s1. The highest BCUT2D eigenvalue weighted by molar-refractivity contribution is 7.97. The summed E-state index contributed by atoms with van der Waals surface area (Å²) in [6.45, 7) is 2.04. The van der Waals surface area contributed by atoms with E-state index < -0.39 is 36.8 Å². The summed E-state index contributed by atoms with van der Waals surface area (Å²) in [7, 11) is -4.95. The predicted octanol–water partition coefficient (Wildman–Crippen LogP) is 3.42. The van der Waals surface area contributed by atoms with Crippen molar-refractivity contribution in [2.45, 2.75) is 38.4 Å². The molecule has 4 N–H and O–H groups in total. The van der Waals surface area contributed by atoms with Crippen LogP contribution in [0.5, 0.6) is 5.75 Å². The first-order valence-corrected chi connectivity index (χ1v) is 15.7. The summed E-state index contributed by atoms with van der Waals surface area (Å²) in [4.78, 5) is 70.8. The van der Waals surface area contributed by atoms with Crippen molar-refractivity contribution >= 4 is 43.3 Å². The highest BCUT2D eigenvalue weighted by atomic mass is 32.1. The fourth-order valence-corrected chi connectivity index (χ4v) is 5.39. The number of phosphoric acid groups is 1. The van der Waals surface area contributed by atoms with Crippen molar-refractivity contribution < 1.29 is 38.1 Å². The average Bonchev–Trinajstić information content (AvgIpc) is 3.14. The molecule has 0 fully saturated rings. The van der Waals surface area contributed by atoms with E-state index in [0.717, 1.165) is 16.7 Å². The summed E-state index contributed by atoms with van der Waals surface area (Å²) in [5.74, 6) is -1.82. The van der Waals surface area contributed by atoms with Crippen molar-refractivity contribution in [1.29, 1.82) is 0 Å². The Morgan fingerprint density at radius 1 is 1.02 bits per heavy atom. The topological polar surface area (TPSA) is 162 Å². The van der Waals surface area contributed by atoms with Gasteiger partial charge in [0.25, 0.3) is 0 Å². The number of hydrogen-bond acceptors (Lipinski definition) is 6. The maximum atomic E-state index is 13.5. The van der Waals surface area contributed by atoms with Crippen molar-refractivity contribution in [1.82, 2.24) is 15.5 Å². The van der Waals surface area contributed by atoms with Crippen LogP contribution in [0.2, 0.25) is 0 Å². The molecule has 44 heavy (non-hydrogen) atoms. The molecule has 3 aromatic rings. The van der Waals surface area contributed by atoms with E-state index in [9.17, 15) is 23.7 Å². The van der Waals surface area contributed by atoms with Gasteiger partial charge in [-0.1, -0.05) is 72.8 Å². The Balaban J connectivity index is 1.47. The molecule has 0 aromatic heterocycles. The van der Waals surface area contributed by atoms with Crippen LogP contribution in [0.1, 0.15) is 34.8 Å². The Morgan fingerprint density at radius 3 is 2.32 bits per heavy atom. The van der Waals surface area contributed by atoms with Crippen LogP contribution < -0.4 is 15.2 Å². The number of hydrogen-bond donors (Lipinski definition) is 5. The molecule has 11 nitrogen and oxygen atoms in total. The average molecular weight is 638 g/mol. The van der Waals surface area contributed by atoms with Crippen LogP contribution in [0.25, 0.3) is 11.1 Å². The van der Waals surface area contributed by atoms with Crippen LogP contribution in [-0.2, 0) is 31.9 Å². The second-order valence-electron chi connectivity index (χ2n) is 10.2. The molecular weight excluding hydrogens is 605 g/mol. The van der Waals surface area contributed by atoms with Gasteiger partial charge in [0.2, 0.25) is 22.8 Å². The van der Waals surface area contributed by atoms with Gasteiger partial charge >= 0.3 is 7.82 Å². The zero-order valence-corrected chi connectivity index (χ0v) is 25.5. The second kappa shape index (κ2) is 14.5. The Morgan fingerprint density at radius 2 is 1.68 bits per heavy atom. The smallest absolute Gasteiger partial charge is 0.403 e. The third-order valence-corrected chi connectivity index (χ3v) is 7.51. The number of thiol groups is 1. The first-order valence-electron chi connectivity index (χ1n) is 13.7. The van der Waals surface area contributed by atoms with Crippen LogP contribution in [0.3, 0.4) is 0 Å². The summed E-state index contributed by atoms with van der Waals surface area (Å²) in [5.41, 5.74) is 3.22. The van der Waals surface area contributed by atoms with Gasteiger partial charge < -0.3 is 20.1 Å². The Labute approximate surface area is 260 Å². The van der Waals surface area contributed by atoms with Crippen LogP contribution >= 0.6 is 20.5 Å². The third kappa shape index (κ3) is 9.14. The zero-order chi connectivity index (χ0) is 31.9. The van der Waals surface area contributed by atoms with Crippen LogP contribution in [0.4, 0.5) is 0 Å². The normalized spacial score (nSPS) is 15.7. The van der Waals surface area contributed by atoms with E-state index in [-0.39, 0.29) is 23.6 Å². The fraction of sp³-hybridized carbons (Fsp3) is 0.226. The van der Waals surface area contributed by atoms with Crippen molar-refractivity contribution in [3.63, 3.8) is 0 Å². The molecule has 1 aliphatic heterocycles. The van der Waals surface area contributed by atoms with Gasteiger partial charge in [-0.05, 0) is 40.8 Å². The van der Waals surface area contributed by atoms with E-state index >= 15 is 0 Å². The number of carbonyl (C=O) groups excluding carboxylic acids is 4. The van der Waals surface area contributed by atoms with Gasteiger partial charge in [0, 0.05) is 26.4 Å². The van der Waals surface area contributed by atoms with Gasteiger partial charge in [-0.2, -0.15) is 0 Å². The molecule has 4 rings (SSSR count). The number of rotatable bonds is 11. The molecule has 3 amide bonds. The van der Waals surface area contributed by atoms with Gasteiger partial charge in [0.1, 0.15) is 17.8 Å². The monoisotopic (exact) mass is 637 g/mol. The van der Waals surface area contributed by atoms with Gasteiger partial charge in [0.05, 0.1) is 5.56 Å². The van der Waals surface area contributed by atoms with E-state index in [4.69, 9.17) is 9.79 Å². The predicted molar refractivity (Wildman–Crippen MR) is 167 cm³/mol. The largest absolute Gasteiger partial charge is 0.524 e. The lowest BCUT2D eigenvalue weighted by Gasteiger charge is -2.26. The van der Waals surface area contributed by atoms with E-state index in [1.807, 2.05) is 60.7 Å². The molecule has 0 spiro atoms. The van der Waals surface area contributed by atoms with Gasteiger partial charge in [-0.3, -0.25) is 29.0 Å². The van der Waals surface area contributed by atoms with E-state index in [1.165, 1.54) is 25.1 Å². The molecule has 1 heterocycles. The molecule has 13 heteroatoms. The van der Waals surface area contributed by atoms with Gasteiger partial charge in [0.15, 0.2) is 0 Å². The molecule has 0 unspecified atom stereocenters. The summed E-state index contributed by atoms with van der Waals surface area (Å²) in [5, 5.41) is 4.46. The molecule has 0 saturated heterocycles. The lowest BCUT2D eigenvalue weighted by Crippen LogP contribution is -2.53. The Hall–Kier alpha value is -4.22. The van der Waals surface area contributed by atoms with Gasteiger partial charge in [-0.25, -0.2) is 4.57 Å². The van der Waals surface area contributed by atoms with Crippen molar-refractivity contribution in [2.75, 3.05) is 6.54 Å². The highest BCUT2D eigenvalue weighted by Crippen LogP contribution is 2.39. The quantitative estimate of drug-likeness (QED) is 0.121. The molecule has 230 valence electrons. The van der Waals surface area contributed by atoms with Gasteiger partial charge in [-0.15, -0.1) is 12.6 Å². The molecule has 1 aliphatic rings. The third-order valence-electron chi connectivity index (χ3n) is 6.83. The number of benzene rings is 3. The lowest BCUT2D eigenvalue weighted by atomic mass is 10.0. The second-order valence-corrected chi connectivity index (χ2v) is 11.8. The van der Waals surface area contributed by atoms with Crippen molar-refractivity contribution in [2.24, 2.45) is 0 Å². The van der Waals surface area contributed by atoms with Crippen molar-refractivity contribution in [3.05, 3.63) is 102 Å². The van der Waals surface area contributed by atoms with E-state index in [2.05, 4.69) is 27.8 Å². The molecule has 0 radical (unpaired) electrons. The fourth-order valence-electron chi connectivity index (χ4n) is 4.80. The van der Waals surface area contributed by atoms with Crippen LogP contribution in [-0.4, -0.2) is 56.2 Å². The summed E-state index contributed by atoms with van der Waals surface area (Å²) in [6.07, 6.45) is 3.94. The maximum absolute atomic E-state index is 13.5. The molecule has 3 aromatic carbocycles. The molecule has 0 aliphatic carbocycles. The Kier molecular flexibility index (Phi) is 10.8. The van der Waals surface area contributed by atoms with Crippen LogP contribution in [0, 0.1) is 0 Å². The zero-order valence-electron chi connectivity index (χ0n) is 23.8. The molecule has 0 saturated carbocycles. The Bertz CT molecular complexity index is 1610. The molecule has 2 atom stereocenters. The van der Waals surface area contributed by atoms with Crippen molar-refractivity contribution in [3.8, 4) is 16.9 Å². The first-order chi connectivity index (χ1) is 20.9. The number of amides is 3. The summed E-state index contributed by atoms with van der Waals surface area (Å²) < 4.78 is 15.8. The highest BCUT2D eigenvalue weighted by Gasteiger charge is 2.29. The number of phosphoric ester groups is 1. The lowest BCUT2D eigenvalue weighted by molar-refractivity contribution is -0.136. The number of nitrogens with one attached hydrogen (secondary N) is 2. The van der Waals surface area contributed by atoms with E-state index in [1.54, 1.807) is 11.0 Å². The van der Waals surface area contributed by atoms with Crippen LogP contribution in [0.15, 0.2) is 84.9 Å². The number of nitrogens with zero attached hydrogens (tertiary/aromatic N) is 1. The minimum atomic E-state index is -4.95. The SMILES string of the molecule is CC(=O)N[C@@H](Cc1ccc(OP(=O)(O)O)c(C(=O)S)c1)C(=O)N[C@H]1C=CCCN(Cc2ccc(-c3ccccc3)cc2)C1=O. The number of carbonyl (C=O) groups is 4. The molecule has 0 bridgehead atoms. The maximum Gasteiger partial charge on any atom is 0.524 e. The minimum Gasteiger partial charge on any atom is -0.403 e. The summed E-state index contributed by atoms with van der Waals surface area (Å²) >= 11 is 3.74. The summed E-state index contributed by atoms with van der Waals surface area (Å²) in [6, 6.07) is 19.6. The van der Waals surface area contributed by atoms with E-state index in [0.29, 0.717) is 25.1 Å².